The second-order valence-electron chi connectivity index (χ2n) is 4.79. The van der Waals surface area contributed by atoms with Crippen molar-refractivity contribution in [1.82, 2.24) is 0 Å². The number of fused-ring (bicyclic) bond motifs is 1. The van der Waals surface area contributed by atoms with E-state index in [1.54, 1.807) is 18.2 Å². The van der Waals surface area contributed by atoms with E-state index in [4.69, 9.17) is 16.3 Å². The van der Waals surface area contributed by atoms with Crippen molar-refractivity contribution in [1.29, 1.82) is 0 Å². The van der Waals surface area contributed by atoms with Gasteiger partial charge in [-0.15, -0.1) is 0 Å². The Bertz CT molecular complexity index is 928. The Morgan fingerprint density at radius 2 is 1.61 bits per heavy atom. The Morgan fingerprint density at radius 3 is 2.39 bits per heavy atom. The second-order valence-corrected chi connectivity index (χ2v) is 6.11. The fourth-order valence-electron chi connectivity index (χ4n) is 2.10. The van der Waals surface area contributed by atoms with Crippen LogP contribution in [0.25, 0.3) is 10.8 Å². The maximum absolute atomic E-state index is 13.3. The summed E-state index contributed by atoms with van der Waals surface area (Å²) in [5.41, 5.74) is -0.235. The van der Waals surface area contributed by atoms with Crippen LogP contribution in [0, 0.1) is 11.6 Å². The highest BCUT2D eigenvalue weighted by atomic mass is 79.9. The van der Waals surface area contributed by atoms with Gasteiger partial charge in [0.15, 0.2) is 11.6 Å². The fraction of sp³-hybridized carbons (Fsp3) is 0. The molecule has 0 aliphatic heterocycles. The quantitative estimate of drug-likeness (QED) is 0.312. The van der Waals surface area contributed by atoms with Crippen LogP contribution in [0.2, 0.25) is 5.02 Å². The minimum Gasteiger partial charge on any atom is -0.423 e. The van der Waals surface area contributed by atoms with Crippen LogP contribution in [0.4, 0.5) is 8.78 Å². The van der Waals surface area contributed by atoms with Gasteiger partial charge in [-0.05, 0) is 47.2 Å². The molecule has 0 radical (unpaired) electrons. The summed E-state index contributed by atoms with van der Waals surface area (Å²) >= 11 is 9.14. The number of ether oxygens (including phenoxy) is 1. The first-order valence-corrected chi connectivity index (χ1v) is 7.67. The Labute approximate surface area is 143 Å². The summed E-state index contributed by atoms with van der Waals surface area (Å²) in [4.78, 5) is 12.1. The third-order valence-electron chi connectivity index (χ3n) is 3.21. The van der Waals surface area contributed by atoms with Gasteiger partial charge in [0.2, 0.25) is 0 Å². The summed E-state index contributed by atoms with van der Waals surface area (Å²) < 4.78 is 32.4. The molecule has 6 heteroatoms. The molecule has 23 heavy (non-hydrogen) atoms. The van der Waals surface area contributed by atoms with Gasteiger partial charge < -0.3 is 4.74 Å². The number of esters is 1. The predicted octanol–water partition coefficient (Wildman–Crippen LogP) is 5.75. The first-order valence-electron chi connectivity index (χ1n) is 6.50. The molecule has 0 fully saturated rings. The zero-order chi connectivity index (χ0) is 16.6. The van der Waals surface area contributed by atoms with Crippen molar-refractivity contribution < 1.29 is 18.3 Å². The van der Waals surface area contributed by atoms with Crippen molar-refractivity contribution in [3.8, 4) is 5.75 Å². The number of hydrogen-bond donors (Lipinski definition) is 0. The van der Waals surface area contributed by atoms with Crippen molar-refractivity contribution in [2.24, 2.45) is 0 Å². The molecule has 0 unspecified atom stereocenters. The van der Waals surface area contributed by atoms with Gasteiger partial charge in [-0.25, -0.2) is 13.6 Å². The number of carbonyl (C=O) groups is 1. The highest BCUT2D eigenvalue weighted by molar-refractivity contribution is 9.10. The molecule has 116 valence electrons. The van der Waals surface area contributed by atoms with Gasteiger partial charge in [0, 0.05) is 4.47 Å². The van der Waals surface area contributed by atoms with E-state index in [2.05, 4.69) is 15.9 Å². The molecule has 0 aromatic heterocycles. The van der Waals surface area contributed by atoms with Gasteiger partial charge in [-0.3, -0.25) is 0 Å². The smallest absolute Gasteiger partial charge is 0.345 e. The lowest BCUT2D eigenvalue weighted by Gasteiger charge is -2.08. The molecule has 2 nitrogen and oxygen atoms in total. The molecule has 0 N–H and O–H groups in total. The van der Waals surface area contributed by atoms with E-state index in [0.29, 0.717) is 0 Å². The summed E-state index contributed by atoms with van der Waals surface area (Å²) in [6, 6.07) is 12.2. The molecule has 0 atom stereocenters. The SMILES string of the molecule is O=C(Oc1ccc2cc(Br)ccc2c1)c1cc(F)c(F)cc1Cl. The van der Waals surface area contributed by atoms with Crippen LogP contribution < -0.4 is 4.74 Å². The van der Waals surface area contributed by atoms with E-state index in [9.17, 15) is 13.6 Å². The average Bonchev–Trinajstić information content (AvgIpc) is 2.51. The van der Waals surface area contributed by atoms with E-state index >= 15 is 0 Å². The Balaban J connectivity index is 1.91. The van der Waals surface area contributed by atoms with E-state index in [1.807, 2.05) is 18.2 Å². The third-order valence-corrected chi connectivity index (χ3v) is 4.02. The van der Waals surface area contributed by atoms with Gasteiger partial charge in [0.25, 0.3) is 0 Å². The molecule has 0 saturated carbocycles. The standard InChI is InChI=1S/C17H8BrClF2O2/c18-11-3-1-10-6-12(4-2-9(10)5-11)23-17(22)13-7-15(20)16(21)8-14(13)19/h1-8H. The molecule has 0 amide bonds. The van der Waals surface area contributed by atoms with Gasteiger partial charge in [-0.1, -0.05) is 39.7 Å². The minimum atomic E-state index is -1.16. The zero-order valence-electron chi connectivity index (χ0n) is 11.4. The number of rotatable bonds is 2. The highest BCUT2D eigenvalue weighted by Gasteiger charge is 2.17. The van der Waals surface area contributed by atoms with Gasteiger partial charge in [0.1, 0.15) is 5.75 Å². The zero-order valence-corrected chi connectivity index (χ0v) is 13.8. The van der Waals surface area contributed by atoms with Gasteiger partial charge in [-0.2, -0.15) is 0 Å². The van der Waals surface area contributed by atoms with E-state index in [1.165, 1.54) is 0 Å². The van der Waals surface area contributed by atoms with Crippen LogP contribution in [-0.2, 0) is 0 Å². The van der Waals surface area contributed by atoms with E-state index in [-0.39, 0.29) is 16.3 Å². The lowest BCUT2D eigenvalue weighted by molar-refractivity contribution is 0.0734. The number of benzene rings is 3. The predicted molar refractivity (Wildman–Crippen MR) is 88.0 cm³/mol. The Kier molecular flexibility index (Phi) is 4.33. The molecule has 0 aliphatic rings. The Morgan fingerprint density at radius 1 is 0.957 bits per heavy atom. The highest BCUT2D eigenvalue weighted by Crippen LogP contribution is 2.26. The van der Waals surface area contributed by atoms with Gasteiger partial charge >= 0.3 is 5.97 Å². The molecule has 3 rings (SSSR count). The normalized spacial score (nSPS) is 10.8. The number of carbonyl (C=O) groups excluding carboxylic acids is 1. The van der Waals surface area contributed by atoms with Crippen molar-refractivity contribution in [3.63, 3.8) is 0 Å². The van der Waals surface area contributed by atoms with Crippen molar-refractivity contribution in [3.05, 3.63) is 75.2 Å². The molecule has 0 heterocycles. The fourth-order valence-corrected chi connectivity index (χ4v) is 2.71. The number of hydrogen-bond acceptors (Lipinski definition) is 2. The van der Waals surface area contributed by atoms with Gasteiger partial charge in [0.05, 0.1) is 10.6 Å². The topological polar surface area (TPSA) is 26.3 Å². The van der Waals surface area contributed by atoms with Crippen LogP contribution in [0.5, 0.6) is 5.75 Å². The van der Waals surface area contributed by atoms with Crippen molar-refractivity contribution in [2.45, 2.75) is 0 Å². The summed E-state index contributed by atoms with van der Waals surface area (Å²) in [6.45, 7) is 0. The molecule has 0 spiro atoms. The summed E-state index contributed by atoms with van der Waals surface area (Å²) in [5, 5.41) is 1.62. The summed E-state index contributed by atoms with van der Waals surface area (Å²) in [5.74, 6) is -2.86. The Hall–Kier alpha value is -1.98. The first kappa shape index (κ1) is 15.9. The molecule has 0 saturated heterocycles. The van der Waals surface area contributed by atoms with E-state index in [0.717, 1.165) is 27.4 Å². The van der Waals surface area contributed by atoms with Crippen LogP contribution in [0.1, 0.15) is 10.4 Å². The molecule has 0 bridgehead atoms. The summed E-state index contributed by atoms with van der Waals surface area (Å²) in [7, 11) is 0. The van der Waals surface area contributed by atoms with Crippen LogP contribution in [-0.4, -0.2) is 5.97 Å². The molecule has 3 aromatic carbocycles. The summed E-state index contributed by atoms with van der Waals surface area (Å²) in [6.07, 6.45) is 0. The monoisotopic (exact) mass is 396 g/mol. The van der Waals surface area contributed by atoms with Crippen LogP contribution in [0.3, 0.4) is 0 Å². The maximum Gasteiger partial charge on any atom is 0.345 e. The second kappa shape index (κ2) is 6.26. The van der Waals surface area contributed by atoms with Crippen LogP contribution in [0.15, 0.2) is 53.0 Å². The van der Waals surface area contributed by atoms with Crippen LogP contribution >= 0.6 is 27.5 Å². The average molecular weight is 398 g/mol. The molecule has 0 aliphatic carbocycles. The largest absolute Gasteiger partial charge is 0.423 e. The first-order chi connectivity index (χ1) is 10.9. The number of halogens is 4. The maximum atomic E-state index is 13.3. The molecular formula is C17H8BrClF2O2. The van der Waals surface area contributed by atoms with E-state index < -0.39 is 17.6 Å². The van der Waals surface area contributed by atoms with Crippen molar-refractivity contribution in [2.75, 3.05) is 0 Å². The molecular weight excluding hydrogens is 390 g/mol. The lowest BCUT2D eigenvalue weighted by atomic mass is 10.1. The third kappa shape index (κ3) is 3.35. The minimum absolute atomic E-state index is 0.210. The molecule has 3 aromatic rings. The lowest BCUT2D eigenvalue weighted by Crippen LogP contribution is -2.10. The van der Waals surface area contributed by atoms with Crippen molar-refractivity contribution >= 4 is 44.3 Å².